The minimum atomic E-state index is -2.69. The summed E-state index contributed by atoms with van der Waals surface area (Å²) in [5, 5.41) is 0.194. The van der Waals surface area contributed by atoms with Gasteiger partial charge in [-0.05, 0) is 0 Å². The van der Waals surface area contributed by atoms with Crippen molar-refractivity contribution in [3.05, 3.63) is 0 Å². The maximum absolute atomic E-state index is 10.1. The lowest BCUT2D eigenvalue weighted by Crippen LogP contribution is -1.62. The second kappa shape index (κ2) is 9.88. The van der Waals surface area contributed by atoms with Crippen LogP contribution in [-0.4, -0.2) is 11.2 Å². The quantitative estimate of drug-likeness (QED) is 0.492. The molecule has 0 unspecified atom stereocenters. The molecule has 0 atom stereocenters. The molecule has 0 saturated carbocycles. The van der Waals surface area contributed by atoms with Crippen LogP contribution in [0.3, 0.4) is 0 Å². The molecule has 0 spiro atoms. The first-order chi connectivity index (χ1) is 3.15. The number of hydrogen-bond donors (Lipinski definition) is 0. The van der Waals surface area contributed by atoms with Crippen LogP contribution in [0.5, 0.6) is 0 Å². The van der Waals surface area contributed by atoms with Gasteiger partial charge in [-0.3, -0.25) is 0 Å². The summed E-state index contributed by atoms with van der Waals surface area (Å²) in [6, 6.07) is 0. The molecular formula is C2H3Cl3F2. The number of hydrogen-bond acceptors (Lipinski definition) is 0. The van der Waals surface area contributed by atoms with Gasteiger partial charge < -0.3 is 0 Å². The fraction of sp³-hybridized carbons (Fsp3) is 1.00. The van der Waals surface area contributed by atoms with Gasteiger partial charge in [0.15, 0.2) is 0 Å². The average molecular weight is 171 g/mol. The van der Waals surface area contributed by atoms with E-state index in [1.54, 1.807) is 0 Å². The molecule has 0 aliphatic carbocycles. The second-order valence-corrected chi connectivity index (χ2v) is 1.49. The third-order valence-electron chi connectivity index (χ3n) is 0. The fourth-order valence-electron chi connectivity index (χ4n) is 0. The first kappa shape index (κ1) is 10.7. The molecule has 0 fully saturated rings. The van der Waals surface area contributed by atoms with Crippen molar-refractivity contribution in [2.24, 2.45) is 0 Å². The summed E-state index contributed by atoms with van der Waals surface area (Å²) in [4.78, 5) is 0. The van der Waals surface area contributed by atoms with E-state index >= 15 is 0 Å². The van der Waals surface area contributed by atoms with Crippen LogP contribution in [0.1, 0.15) is 0 Å². The number of alkyl halides is 5. The monoisotopic (exact) mass is 170 g/mol. The Labute approximate surface area is 55.4 Å². The maximum atomic E-state index is 10.1. The third-order valence-corrected chi connectivity index (χ3v) is 0. The summed E-state index contributed by atoms with van der Waals surface area (Å²) in [6.45, 7) is 0. The van der Waals surface area contributed by atoms with Gasteiger partial charge in [0.2, 0.25) is 0 Å². The molecular weight excluding hydrogens is 168 g/mol. The smallest absolute Gasteiger partial charge is 0.192 e. The van der Waals surface area contributed by atoms with Gasteiger partial charge in [0, 0.05) is 0 Å². The third kappa shape index (κ3) is 283. The minimum absolute atomic E-state index is 0.194. The molecule has 0 radical (unpaired) electrons. The highest BCUT2D eigenvalue weighted by molar-refractivity contribution is 6.40. The van der Waals surface area contributed by atoms with Gasteiger partial charge in [-0.15, -0.1) is 23.2 Å². The van der Waals surface area contributed by atoms with E-state index in [2.05, 4.69) is 11.6 Å². The number of halogens is 5. The van der Waals surface area contributed by atoms with Crippen LogP contribution in [0.15, 0.2) is 0 Å². The molecule has 0 amide bonds. The van der Waals surface area contributed by atoms with Crippen molar-refractivity contribution in [1.82, 2.24) is 0 Å². The largest absolute Gasteiger partial charge is 0.312 e. The summed E-state index contributed by atoms with van der Waals surface area (Å²) in [6.07, 6.45) is 0. The summed E-state index contributed by atoms with van der Waals surface area (Å²) in [5.41, 5.74) is 0. The number of rotatable bonds is 0. The molecule has 0 heterocycles. The zero-order chi connectivity index (χ0) is 6.28. The SMILES string of the molecule is ClCCl.FC(F)Cl. The molecule has 0 N–H and O–H groups in total. The molecule has 0 aliphatic rings. The van der Waals surface area contributed by atoms with E-state index in [9.17, 15) is 8.78 Å². The standard InChI is InChI=1S/CH2Cl2.CHClF2/c2-1-3;2-1(3)4/h1H2;1H. The summed E-state index contributed by atoms with van der Waals surface area (Å²) < 4.78 is 20.2. The van der Waals surface area contributed by atoms with E-state index < -0.39 is 5.88 Å². The first-order valence-electron chi connectivity index (χ1n) is 1.19. The van der Waals surface area contributed by atoms with Gasteiger partial charge in [-0.2, -0.15) is 8.78 Å². The molecule has 0 rings (SSSR count). The molecule has 0 aromatic rings. The van der Waals surface area contributed by atoms with Crippen molar-refractivity contribution in [1.29, 1.82) is 0 Å². The van der Waals surface area contributed by atoms with Crippen LogP contribution in [0.4, 0.5) is 8.78 Å². The highest BCUT2D eigenvalue weighted by atomic mass is 35.5. The van der Waals surface area contributed by atoms with Crippen molar-refractivity contribution in [2.45, 2.75) is 5.88 Å². The predicted molar refractivity (Wildman–Crippen MR) is 28.4 cm³/mol. The Morgan fingerprint density at radius 1 is 1.29 bits per heavy atom. The zero-order valence-corrected chi connectivity index (χ0v) is 5.44. The summed E-state index contributed by atoms with van der Waals surface area (Å²) in [5.74, 6) is -2.69. The normalized spacial score (nSPS) is 7.71. The zero-order valence-electron chi connectivity index (χ0n) is 3.17. The van der Waals surface area contributed by atoms with E-state index in [0.29, 0.717) is 0 Å². The average Bonchev–Trinajstić information content (AvgIpc) is 1.33. The second-order valence-electron chi connectivity index (χ2n) is 0.348. The molecule has 7 heavy (non-hydrogen) atoms. The van der Waals surface area contributed by atoms with Crippen LogP contribution in [0.25, 0.3) is 0 Å². The Kier molecular flexibility index (Phi) is 15.0. The van der Waals surface area contributed by atoms with E-state index in [-0.39, 0.29) is 5.34 Å². The lowest BCUT2D eigenvalue weighted by molar-refractivity contribution is 0.243. The highest BCUT2D eigenvalue weighted by Gasteiger charge is 1.83. The summed E-state index contributed by atoms with van der Waals surface area (Å²) >= 11 is 13.5. The van der Waals surface area contributed by atoms with E-state index in [1.807, 2.05) is 0 Å². The molecule has 0 nitrogen and oxygen atoms in total. The Morgan fingerprint density at radius 2 is 1.29 bits per heavy atom. The first-order valence-corrected chi connectivity index (χ1v) is 2.69. The molecule has 0 aromatic carbocycles. The van der Waals surface area contributed by atoms with Crippen molar-refractivity contribution >= 4 is 34.8 Å². The van der Waals surface area contributed by atoms with Crippen molar-refractivity contribution < 1.29 is 8.78 Å². The Bertz CT molecular complexity index is 22.1. The fourth-order valence-corrected chi connectivity index (χ4v) is 0. The molecule has 0 aliphatic heterocycles. The molecule has 0 saturated heterocycles. The molecule has 0 bridgehead atoms. The van der Waals surface area contributed by atoms with Gasteiger partial charge in [-0.1, -0.05) is 11.6 Å². The Hall–Kier alpha value is 0.730. The van der Waals surface area contributed by atoms with Gasteiger partial charge in [-0.25, -0.2) is 0 Å². The van der Waals surface area contributed by atoms with Gasteiger partial charge >= 0.3 is 5.88 Å². The Morgan fingerprint density at radius 3 is 1.29 bits per heavy atom. The van der Waals surface area contributed by atoms with Crippen LogP contribution in [0, 0.1) is 0 Å². The lowest BCUT2D eigenvalue weighted by atomic mass is 11.7. The van der Waals surface area contributed by atoms with Crippen LogP contribution in [-0.2, 0) is 0 Å². The molecule has 5 heteroatoms. The van der Waals surface area contributed by atoms with Gasteiger partial charge in [0.05, 0.1) is 5.34 Å². The Balaban J connectivity index is 0. The molecule has 46 valence electrons. The van der Waals surface area contributed by atoms with Crippen molar-refractivity contribution in [3.8, 4) is 0 Å². The minimum Gasteiger partial charge on any atom is -0.192 e. The van der Waals surface area contributed by atoms with Gasteiger partial charge in [0.1, 0.15) is 0 Å². The predicted octanol–water partition coefficient (Wildman–Crippen LogP) is 2.87. The van der Waals surface area contributed by atoms with Crippen molar-refractivity contribution in [3.63, 3.8) is 0 Å². The maximum Gasteiger partial charge on any atom is 0.312 e. The topological polar surface area (TPSA) is 0 Å². The lowest BCUT2D eigenvalue weighted by Gasteiger charge is -1.66. The van der Waals surface area contributed by atoms with Crippen LogP contribution >= 0.6 is 34.8 Å². The highest BCUT2D eigenvalue weighted by Crippen LogP contribution is 1.93. The van der Waals surface area contributed by atoms with E-state index in [4.69, 9.17) is 23.2 Å². The van der Waals surface area contributed by atoms with Crippen LogP contribution < -0.4 is 0 Å². The van der Waals surface area contributed by atoms with E-state index in [0.717, 1.165) is 0 Å². The molecule has 0 aromatic heterocycles. The van der Waals surface area contributed by atoms with E-state index in [1.165, 1.54) is 0 Å². The van der Waals surface area contributed by atoms with Crippen molar-refractivity contribution in [2.75, 3.05) is 5.34 Å². The summed E-state index contributed by atoms with van der Waals surface area (Å²) in [7, 11) is 0. The van der Waals surface area contributed by atoms with Crippen LogP contribution in [0.2, 0.25) is 0 Å². The van der Waals surface area contributed by atoms with Gasteiger partial charge in [0.25, 0.3) is 0 Å².